The number of hydrogen-bond acceptors (Lipinski definition) is 1. The average Bonchev–Trinajstić information content (AvgIpc) is 1.89. The molecule has 0 aliphatic heterocycles. The molecule has 1 rings (SSSR count). The summed E-state index contributed by atoms with van der Waals surface area (Å²) >= 11 is 2.24. The molecule has 0 aromatic heterocycles. The van der Waals surface area contributed by atoms with Crippen LogP contribution in [0.4, 0.5) is 0 Å². The van der Waals surface area contributed by atoms with Gasteiger partial charge in [0, 0.05) is 0 Å². The standard InChI is InChI=1S/C7H7IO/c1-9-7-5-3-2-4-6(7)8/h2-5H,1H3/q-1. The van der Waals surface area contributed by atoms with Crippen molar-refractivity contribution in [1.82, 2.24) is 0 Å². The van der Waals surface area contributed by atoms with Gasteiger partial charge in [-0.2, -0.15) is 0 Å². The molecule has 1 radical (unpaired) electrons. The first kappa shape index (κ1) is 6.86. The van der Waals surface area contributed by atoms with E-state index < -0.39 is 0 Å². The van der Waals surface area contributed by atoms with Crippen LogP contribution in [0.1, 0.15) is 0 Å². The Morgan fingerprint density at radius 1 is 1.33 bits per heavy atom. The van der Waals surface area contributed by atoms with Crippen molar-refractivity contribution in [1.29, 1.82) is 0 Å². The summed E-state index contributed by atoms with van der Waals surface area (Å²) in [5.41, 5.74) is 0. The molecule has 0 N–H and O–H groups in total. The van der Waals surface area contributed by atoms with Crippen LogP contribution in [0.25, 0.3) is 0 Å². The van der Waals surface area contributed by atoms with E-state index in [1.165, 1.54) is 0 Å². The second kappa shape index (κ2) is 3.06. The summed E-state index contributed by atoms with van der Waals surface area (Å²) in [5.74, 6) is 0.943. The number of benzene rings is 1. The molecule has 0 aliphatic rings. The van der Waals surface area contributed by atoms with Crippen molar-refractivity contribution in [3.8, 4) is 5.75 Å². The van der Waals surface area contributed by atoms with Crippen LogP contribution in [-0.4, -0.2) is 7.11 Å². The molecule has 1 aromatic carbocycles. The zero-order valence-electron chi connectivity index (χ0n) is 5.10. The topological polar surface area (TPSA) is 9.23 Å². The van der Waals surface area contributed by atoms with Crippen molar-refractivity contribution in [3.05, 3.63) is 27.8 Å². The lowest BCUT2D eigenvalue weighted by atomic mass is 10.3. The summed E-state index contributed by atoms with van der Waals surface area (Å²) in [4.78, 5) is 0. The van der Waals surface area contributed by atoms with Crippen molar-refractivity contribution >= 4 is 0 Å². The monoisotopic (exact) mass is 234 g/mol. The first-order valence-corrected chi connectivity index (χ1v) is 3.71. The van der Waals surface area contributed by atoms with E-state index in [1.807, 2.05) is 24.3 Å². The van der Waals surface area contributed by atoms with Gasteiger partial charge in [0.2, 0.25) is 0 Å². The van der Waals surface area contributed by atoms with Crippen molar-refractivity contribution in [3.63, 3.8) is 0 Å². The van der Waals surface area contributed by atoms with E-state index in [4.69, 9.17) is 4.74 Å². The van der Waals surface area contributed by atoms with E-state index in [-0.39, 0.29) is 0 Å². The molecule has 0 unspecified atom stereocenters. The first-order chi connectivity index (χ1) is 4.34. The number of ether oxygens (including phenoxy) is 1. The van der Waals surface area contributed by atoms with E-state index in [0.717, 1.165) is 9.32 Å². The molecule has 0 saturated heterocycles. The third kappa shape index (κ3) is 1.58. The predicted molar refractivity (Wildman–Crippen MR) is 31.7 cm³/mol. The molecule has 0 saturated carbocycles. The van der Waals surface area contributed by atoms with E-state index in [0.29, 0.717) is 0 Å². The van der Waals surface area contributed by atoms with Crippen LogP contribution in [0, 0.1) is 3.57 Å². The molecule has 9 heavy (non-hydrogen) atoms. The minimum absolute atomic E-state index is 0.943. The maximum Gasteiger partial charge on any atom is 0.0965 e. The van der Waals surface area contributed by atoms with Crippen molar-refractivity contribution in [2.45, 2.75) is 0 Å². The van der Waals surface area contributed by atoms with Crippen LogP contribution in [0.2, 0.25) is 0 Å². The van der Waals surface area contributed by atoms with Gasteiger partial charge >= 0.3 is 0 Å². The molecule has 49 valence electrons. The molecule has 0 amide bonds. The van der Waals surface area contributed by atoms with Crippen molar-refractivity contribution in [2.24, 2.45) is 0 Å². The molecular formula is C7H7IO-. The number of hydrogen-bond donors (Lipinski definition) is 0. The van der Waals surface area contributed by atoms with Crippen molar-refractivity contribution in [2.75, 3.05) is 7.11 Å². The Balaban J connectivity index is 3.01. The fourth-order valence-electron chi connectivity index (χ4n) is 0.610. The Bertz CT molecular complexity index is 198. The first-order valence-electron chi connectivity index (χ1n) is 2.63. The number of para-hydroxylation sites is 1. The normalized spacial score (nSPS) is 9.11. The molecule has 0 fully saturated rings. The van der Waals surface area contributed by atoms with Gasteiger partial charge < -0.3 is 27.3 Å². The Kier molecular flexibility index (Phi) is 2.33. The highest BCUT2D eigenvalue weighted by Crippen LogP contribution is 2.06. The summed E-state index contributed by atoms with van der Waals surface area (Å²) in [6.07, 6.45) is 0. The zero-order valence-corrected chi connectivity index (χ0v) is 7.25. The van der Waals surface area contributed by atoms with E-state index in [1.54, 1.807) is 7.11 Å². The van der Waals surface area contributed by atoms with Gasteiger partial charge in [0.05, 0.1) is 12.9 Å². The molecule has 1 nitrogen and oxygen atoms in total. The maximum absolute atomic E-state index is 5.04. The van der Waals surface area contributed by atoms with Crippen LogP contribution < -0.4 is 27.3 Å². The quantitative estimate of drug-likeness (QED) is 0.533. The Morgan fingerprint density at radius 3 is 2.44 bits per heavy atom. The van der Waals surface area contributed by atoms with Gasteiger partial charge in [-0.15, -0.1) is 3.57 Å². The minimum Gasteiger partial charge on any atom is -0.755 e. The van der Waals surface area contributed by atoms with Gasteiger partial charge in [0.15, 0.2) is 0 Å². The minimum atomic E-state index is 0.943. The second-order valence-electron chi connectivity index (χ2n) is 1.63. The predicted octanol–water partition coefficient (Wildman–Crippen LogP) is -1.58. The van der Waals surface area contributed by atoms with E-state index in [9.17, 15) is 0 Å². The fraction of sp³-hybridized carbons (Fsp3) is 0.143. The van der Waals surface area contributed by atoms with Crippen molar-refractivity contribution < 1.29 is 27.3 Å². The van der Waals surface area contributed by atoms with Gasteiger partial charge in [0.1, 0.15) is 0 Å². The fourth-order valence-corrected chi connectivity index (χ4v) is 1.22. The third-order valence-electron chi connectivity index (χ3n) is 1.06. The van der Waals surface area contributed by atoms with Crippen LogP contribution in [0.15, 0.2) is 24.3 Å². The molecular weight excluding hydrogens is 227 g/mol. The van der Waals surface area contributed by atoms with Crippen LogP contribution in [0.5, 0.6) is 5.75 Å². The summed E-state index contributed by atoms with van der Waals surface area (Å²) in [6.45, 7) is 0. The molecule has 0 aliphatic carbocycles. The average molecular weight is 234 g/mol. The summed E-state index contributed by atoms with van der Waals surface area (Å²) in [5, 5.41) is 0. The lowest BCUT2D eigenvalue weighted by Gasteiger charge is -2.10. The summed E-state index contributed by atoms with van der Waals surface area (Å²) in [7, 11) is 1.68. The maximum atomic E-state index is 5.04. The molecule has 0 spiro atoms. The van der Waals surface area contributed by atoms with Gasteiger partial charge in [0.25, 0.3) is 0 Å². The highest BCUT2D eigenvalue weighted by molar-refractivity contribution is 5.19. The zero-order chi connectivity index (χ0) is 6.69. The molecule has 2 heteroatoms. The number of rotatable bonds is 1. The van der Waals surface area contributed by atoms with E-state index >= 15 is 0 Å². The van der Waals surface area contributed by atoms with Gasteiger partial charge in [-0.1, -0.05) is 18.2 Å². The summed E-state index contributed by atoms with van der Waals surface area (Å²) in [6, 6.07) is 7.91. The SMILES string of the molecule is COc1ccccc1[I-]. The second-order valence-corrected chi connectivity index (χ2v) is 2.80. The summed E-state index contributed by atoms with van der Waals surface area (Å²) < 4.78 is 6.19. The number of methoxy groups -OCH3 is 1. The van der Waals surface area contributed by atoms with Crippen LogP contribution in [-0.2, 0) is 0 Å². The number of halogens is 1. The molecule has 0 bridgehead atoms. The van der Waals surface area contributed by atoms with Gasteiger partial charge in [-0.3, -0.25) is 0 Å². The molecule has 0 atom stereocenters. The molecule has 0 heterocycles. The van der Waals surface area contributed by atoms with Gasteiger partial charge in [-0.25, -0.2) is 0 Å². The lowest BCUT2D eigenvalue weighted by Crippen LogP contribution is -3.34. The smallest absolute Gasteiger partial charge is 0.0965 e. The lowest BCUT2D eigenvalue weighted by molar-refractivity contribution is -0.330. The Labute approximate surface area is 68.2 Å². The third-order valence-corrected chi connectivity index (χ3v) is 1.95. The highest BCUT2D eigenvalue weighted by Gasteiger charge is 1.83. The van der Waals surface area contributed by atoms with E-state index in [2.05, 4.69) is 22.6 Å². The van der Waals surface area contributed by atoms with Crippen LogP contribution >= 0.6 is 0 Å². The van der Waals surface area contributed by atoms with Crippen LogP contribution in [0.3, 0.4) is 0 Å². The largest absolute Gasteiger partial charge is 0.755 e. The Morgan fingerprint density at radius 2 is 2.00 bits per heavy atom. The molecule has 1 aromatic rings. The van der Waals surface area contributed by atoms with Gasteiger partial charge in [-0.05, 0) is 6.07 Å². The highest BCUT2D eigenvalue weighted by atomic mass is 127. The Hall–Kier alpha value is -0.250.